The lowest BCUT2D eigenvalue weighted by Gasteiger charge is -2.41. The van der Waals surface area contributed by atoms with Gasteiger partial charge in [0.05, 0.1) is 11.6 Å². The van der Waals surface area contributed by atoms with Gasteiger partial charge >= 0.3 is 5.97 Å². The van der Waals surface area contributed by atoms with Gasteiger partial charge in [-0.05, 0) is 82.8 Å². The highest BCUT2D eigenvalue weighted by Crippen LogP contribution is 2.50. The second-order valence-corrected chi connectivity index (χ2v) is 21.6. The lowest BCUT2D eigenvalue weighted by molar-refractivity contribution is -0.176. The molecule has 2 aromatic heterocycles. The molecular formula is C50H50N8O13S2. The minimum atomic E-state index is -5.24. The molecule has 0 saturated carbocycles. The summed E-state index contributed by atoms with van der Waals surface area (Å²) in [5, 5.41) is 18.5. The molecule has 0 radical (unpaired) electrons. The maximum Gasteiger partial charge on any atom is 0.336 e. The summed E-state index contributed by atoms with van der Waals surface area (Å²) >= 11 is 0. The molecule has 21 nitrogen and oxygen atoms in total. The number of piperazine rings is 1. The molecule has 0 bridgehead atoms. The Bertz CT molecular complexity index is 3600. The van der Waals surface area contributed by atoms with Crippen LogP contribution in [0.5, 0.6) is 11.5 Å². The zero-order valence-electron chi connectivity index (χ0n) is 39.9. The van der Waals surface area contributed by atoms with Crippen LogP contribution in [0.1, 0.15) is 73.5 Å². The number of hydrogen-bond donors (Lipinski definition) is 4. The third kappa shape index (κ3) is 10.2. The summed E-state index contributed by atoms with van der Waals surface area (Å²) in [6, 6.07) is 17.4. The van der Waals surface area contributed by atoms with E-state index in [1.165, 1.54) is 30.3 Å². The monoisotopic (exact) mass is 1030 g/mol. The van der Waals surface area contributed by atoms with E-state index < -0.39 is 52.7 Å². The molecule has 73 heavy (non-hydrogen) atoms. The number of nitrogens with zero attached hydrogens (tertiary/aromatic N) is 6. The number of imidazole rings is 1. The van der Waals surface area contributed by atoms with E-state index in [1.807, 2.05) is 45.0 Å². The molecule has 1 fully saturated rings. The minimum Gasteiger partial charge on any atom is -0.744 e. The maximum atomic E-state index is 12.9. The number of hydrogen-bond acceptors (Lipinski definition) is 15. The number of carboxylic acids is 1. The smallest absolute Gasteiger partial charge is 0.336 e. The largest absolute Gasteiger partial charge is 0.744 e. The summed E-state index contributed by atoms with van der Waals surface area (Å²) in [6.45, 7) is 9.54. The van der Waals surface area contributed by atoms with Crippen molar-refractivity contribution in [3.05, 3.63) is 119 Å². The fourth-order valence-electron chi connectivity index (χ4n) is 10.1. The molecule has 3 aliphatic heterocycles. The van der Waals surface area contributed by atoms with Crippen LogP contribution in [0.4, 0.5) is 5.82 Å². The Hall–Kier alpha value is -7.73. The fraction of sp³-hybridized carbons (Fsp3) is 0.300. The molecule has 3 aromatic carbocycles. The van der Waals surface area contributed by atoms with Gasteiger partial charge in [0.25, 0.3) is 10.1 Å². The SMILES string of the molecule is CC(=O)N1CCN(c2ccnc(-n3ccnc3)n2)C(CC(=O)NCc2ccc3c(c2)OCO3)C1.CC1CC(C)(C)Cc2c1cc1c(-c3ccccc3C(=O)O)c3ccc(=[NH2+])c(S(=O)(=O)[O-])c-3oc1c2S(=O)(=O)O. The first-order valence-electron chi connectivity index (χ1n) is 23.0. The summed E-state index contributed by atoms with van der Waals surface area (Å²) in [4.78, 5) is 52.5. The Kier molecular flexibility index (Phi) is 13.3. The van der Waals surface area contributed by atoms with Gasteiger partial charge in [0.1, 0.15) is 27.2 Å². The van der Waals surface area contributed by atoms with E-state index in [0.29, 0.717) is 67.0 Å². The third-order valence-electron chi connectivity index (χ3n) is 13.2. The van der Waals surface area contributed by atoms with E-state index in [4.69, 9.17) is 19.3 Å². The van der Waals surface area contributed by atoms with Crippen molar-refractivity contribution in [1.82, 2.24) is 29.7 Å². The molecule has 1 saturated heterocycles. The van der Waals surface area contributed by atoms with Crippen LogP contribution in [0.2, 0.25) is 0 Å². The standard InChI is InChI=1S/C27H25NO9S2.C23H25N7O4/c1-13-11-27(2,3)12-19-17(13)10-18-21(14-6-4-5-7-15(14)26(29)30)16-8-9-20(28)25(39(34,35)36)22(16)37-23(18)24(19)38(31,32)33;1-16(31)28-8-9-30(21-4-5-25-23(27-21)29-7-6-24-14-29)18(13-28)11-22(32)26-12-17-2-3-19-20(10-17)34-15-33-19/h4-10,13,28H,11-12H2,1-3H3,(H,29,30)(H,31,32,33)(H,34,35,36);2-7,10,14,18H,8-9,11-13,15H2,1H3,(H,26,32). The van der Waals surface area contributed by atoms with Crippen LogP contribution in [0.25, 0.3) is 39.4 Å². The van der Waals surface area contributed by atoms with Crippen molar-refractivity contribution < 1.29 is 64.7 Å². The lowest BCUT2D eigenvalue weighted by Crippen LogP contribution is -2.56. The quantitative estimate of drug-likeness (QED) is 0.111. The van der Waals surface area contributed by atoms with Gasteiger partial charge in [0.15, 0.2) is 27.7 Å². The Morgan fingerprint density at radius 2 is 1.73 bits per heavy atom. The van der Waals surface area contributed by atoms with E-state index in [1.54, 1.807) is 53.4 Å². The van der Waals surface area contributed by atoms with Crippen molar-refractivity contribution in [1.29, 1.82) is 0 Å². The summed E-state index contributed by atoms with van der Waals surface area (Å²) in [5.74, 6) is 0.496. The number of carbonyl (C=O) groups excluding carboxylic acids is 2. The van der Waals surface area contributed by atoms with E-state index in [2.05, 4.69) is 25.2 Å². The number of amides is 2. The summed E-state index contributed by atoms with van der Waals surface area (Å²) < 4.78 is 91.7. The first kappa shape index (κ1) is 50.2. The van der Waals surface area contributed by atoms with Gasteiger partial charge in [-0.2, -0.15) is 13.4 Å². The Labute approximate surface area is 418 Å². The molecule has 2 atom stereocenters. The van der Waals surface area contributed by atoms with Gasteiger partial charge in [-0.1, -0.05) is 45.0 Å². The predicted octanol–water partition coefficient (Wildman–Crippen LogP) is 3.92. The van der Waals surface area contributed by atoms with Crippen molar-refractivity contribution in [2.75, 3.05) is 31.3 Å². The molecule has 23 heteroatoms. The Balaban J connectivity index is 0.000000181. The number of nitrogens with one attached hydrogen (secondary N) is 1. The molecule has 0 spiro atoms. The van der Waals surface area contributed by atoms with Gasteiger partial charge in [0.2, 0.25) is 29.9 Å². The van der Waals surface area contributed by atoms with Crippen LogP contribution in [0, 0.1) is 5.41 Å². The van der Waals surface area contributed by atoms with Gasteiger partial charge in [-0.25, -0.2) is 23.2 Å². The van der Waals surface area contributed by atoms with E-state index in [9.17, 15) is 45.4 Å². The second-order valence-electron chi connectivity index (χ2n) is 18.9. The number of aromatic nitrogens is 4. The van der Waals surface area contributed by atoms with Crippen LogP contribution in [0.15, 0.2) is 106 Å². The highest BCUT2D eigenvalue weighted by molar-refractivity contribution is 7.86. The number of benzene rings is 4. The van der Waals surface area contributed by atoms with E-state index in [0.717, 1.165) is 5.56 Å². The summed E-state index contributed by atoms with van der Waals surface area (Å²) in [6.07, 6.45) is 7.94. The molecule has 2 amide bonds. The van der Waals surface area contributed by atoms with Crippen molar-refractivity contribution in [3.8, 4) is 39.9 Å². The van der Waals surface area contributed by atoms with E-state index in [-0.39, 0.29) is 76.5 Å². The number of ether oxygens (including phenoxy) is 2. The first-order valence-corrected chi connectivity index (χ1v) is 25.9. The molecule has 10 rings (SSSR count). The normalized spacial score (nSPS) is 17.2. The molecule has 5 aliphatic rings. The summed E-state index contributed by atoms with van der Waals surface area (Å²) in [7, 11) is -10.2. The Morgan fingerprint density at radius 3 is 2.44 bits per heavy atom. The fourth-order valence-corrected chi connectivity index (χ4v) is 11.7. The summed E-state index contributed by atoms with van der Waals surface area (Å²) in [5.41, 5.74) is 1.24. The lowest BCUT2D eigenvalue weighted by atomic mass is 9.69. The highest BCUT2D eigenvalue weighted by atomic mass is 32.2. The third-order valence-corrected chi connectivity index (χ3v) is 15.0. The number of aromatic carboxylic acids is 1. The number of anilines is 1. The Morgan fingerprint density at radius 1 is 0.959 bits per heavy atom. The second kappa shape index (κ2) is 19.4. The molecular weight excluding hydrogens is 985 g/mol. The minimum absolute atomic E-state index is 0.00721. The number of carboxylic acid groups (broad SMARTS) is 1. The van der Waals surface area contributed by atoms with Gasteiger partial charge in [0, 0.05) is 80.7 Å². The van der Waals surface area contributed by atoms with Crippen molar-refractivity contribution in [2.45, 2.75) is 75.3 Å². The van der Waals surface area contributed by atoms with Crippen LogP contribution in [0.3, 0.4) is 0 Å². The van der Waals surface area contributed by atoms with Crippen LogP contribution in [-0.2, 0) is 42.8 Å². The predicted molar refractivity (Wildman–Crippen MR) is 260 cm³/mol. The van der Waals surface area contributed by atoms with Crippen molar-refractivity contribution in [3.63, 3.8) is 0 Å². The molecule has 2 aliphatic carbocycles. The molecule has 5 aromatic rings. The van der Waals surface area contributed by atoms with Gasteiger partial charge in [-0.3, -0.25) is 24.1 Å². The van der Waals surface area contributed by atoms with Crippen LogP contribution >= 0.6 is 0 Å². The molecule has 5 heterocycles. The number of fused-ring (bicyclic) bond motifs is 4. The number of rotatable bonds is 10. The topological polar surface area (TPSA) is 302 Å². The van der Waals surface area contributed by atoms with Gasteiger partial charge < -0.3 is 38.7 Å². The highest BCUT2D eigenvalue weighted by Gasteiger charge is 2.39. The molecule has 380 valence electrons. The average Bonchev–Trinajstić information content (AvgIpc) is 4.05. The van der Waals surface area contributed by atoms with Crippen molar-refractivity contribution >= 4 is 54.8 Å². The maximum absolute atomic E-state index is 12.9. The zero-order chi connectivity index (χ0) is 52.1. The van der Waals surface area contributed by atoms with Crippen LogP contribution < -0.4 is 30.5 Å². The average molecular weight is 1040 g/mol. The first-order chi connectivity index (χ1) is 34.6. The van der Waals surface area contributed by atoms with Crippen LogP contribution in [-0.4, -0.2) is 106 Å². The molecule has 5 N–H and O–H groups in total. The number of carbonyl (C=O) groups is 3. The van der Waals surface area contributed by atoms with E-state index >= 15 is 0 Å². The zero-order valence-corrected chi connectivity index (χ0v) is 41.6. The number of nitrogens with two attached hydrogens (primary N) is 1. The van der Waals surface area contributed by atoms with Crippen molar-refractivity contribution in [2.24, 2.45) is 5.41 Å². The van der Waals surface area contributed by atoms with Gasteiger partial charge in [-0.15, -0.1) is 0 Å². The molecule has 2 unspecified atom stereocenters.